The van der Waals surface area contributed by atoms with Crippen LogP contribution in [-0.2, 0) is 4.79 Å². The highest BCUT2D eigenvalue weighted by atomic mass is 32.1. The van der Waals surface area contributed by atoms with E-state index in [1.54, 1.807) is 24.3 Å². The summed E-state index contributed by atoms with van der Waals surface area (Å²) in [6, 6.07) is 23.9. The second-order valence-electron chi connectivity index (χ2n) is 6.80. The molecular weight excluding hydrogens is 410 g/mol. The molecule has 0 spiro atoms. The lowest BCUT2D eigenvalue weighted by Crippen LogP contribution is -2.05. The van der Waals surface area contributed by atoms with Gasteiger partial charge in [-0.2, -0.15) is 0 Å². The molecule has 0 atom stereocenters. The van der Waals surface area contributed by atoms with Gasteiger partial charge in [-0.05, 0) is 42.0 Å². The highest BCUT2D eigenvalue weighted by molar-refractivity contribution is 7.21. The minimum Gasteiger partial charge on any atom is -0.423 e. The number of aromatic nitrogens is 1. The summed E-state index contributed by atoms with van der Waals surface area (Å²) in [5.41, 5.74) is 1.99. The van der Waals surface area contributed by atoms with Gasteiger partial charge in [0.2, 0.25) is 0 Å². The summed E-state index contributed by atoms with van der Waals surface area (Å²) < 4.78 is 11.8. The first-order chi connectivity index (χ1) is 15.2. The Hall–Kier alpha value is -4.03. The number of hydrogen-bond acceptors (Lipinski definition) is 6. The Morgan fingerprint density at radius 3 is 2.61 bits per heavy atom. The zero-order valence-electron chi connectivity index (χ0n) is 16.1. The number of fused-ring (bicyclic) bond motifs is 2. The van der Waals surface area contributed by atoms with Crippen molar-refractivity contribution in [2.24, 2.45) is 0 Å². The molecule has 0 aliphatic heterocycles. The molecule has 0 saturated heterocycles. The number of ether oxygens (including phenoxy) is 1. The molecule has 5 nitrogen and oxygen atoms in total. The Kier molecular flexibility index (Phi) is 4.90. The molecule has 0 radical (unpaired) electrons. The van der Waals surface area contributed by atoms with Gasteiger partial charge in [0, 0.05) is 17.5 Å². The van der Waals surface area contributed by atoms with Gasteiger partial charge in [0.25, 0.3) is 0 Å². The van der Waals surface area contributed by atoms with Crippen molar-refractivity contribution in [3.05, 3.63) is 101 Å². The maximum Gasteiger partial charge on any atom is 0.346 e. The van der Waals surface area contributed by atoms with Gasteiger partial charge >= 0.3 is 11.6 Å². The SMILES string of the molecule is O=C(/C=C/c1ccccc1)Oc1ccc2cc(-c3nc4ccccc4s3)c(=O)oc2c1. The van der Waals surface area contributed by atoms with Crippen LogP contribution >= 0.6 is 11.3 Å². The summed E-state index contributed by atoms with van der Waals surface area (Å²) >= 11 is 1.44. The van der Waals surface area contributed by atoms with Gasteiger partial charge < -0.3 is 9.15 Å². The first-order valence-corrected chi connectivity index (χ1v) is 10.4. The van der Waals surface area contributed by atoms with Gasteiger partial charge in [-0.3, -0.25) is 0 Å². The first-order valence-electron chi connectivity index (χ1n) is 9.54. The summed E-state index contributed by atoms with van der Waals surface area (Å²) in [5.74, 6) is -0.220. The van der Waals surface area contributed by atoms with Gasteiger partial charge in [0.1, 0.15) is 16.3 Å². The number of hydrogen-bond donors (Lipinski definition) is 0. The van der Waals surface area contributed by atoms with Crippen LogP contribution in [0.2, 0.25) is 0 Å². The van der Waals surface area contributed by atoms with Gasteiger partial charge in [-0.15, -0.1) is 11.3 Å². The van der Waals surface area contributed by atoms with Crippen molar-refractivity contribution in [2.45, 2.75) is 0 Å². The van der Waals surface area contributed by atoms with Crippen LogP contribution in [0.3, 0.4) is 0 Å². The van der Waals surface area contributed by atoms with Gasteiger partial charge in [-0.1, -0.05) is 42.5 Å². The summed E-state index contributed by atoms with van der Waals surface area (Å²) in [4.78, 5) is 29.2. The van der Waals surface area contributed by atoms with Crippen molar-refractivity contribution in [1.29, 1.82) is 0 Å². The van der Waals surface area contributed by atoms with E-state index in [4.69, 9.17) is 9.15 Å². The number of esters is 1. The molecule has 2 aromatic heterocycles. The lowest BCUT2D eigenvalue weighted by Gasteiger charge is -2.04. The van der Waals surface area contributed by atoms with Crippen molar-refractivity contribution in [1.82, 2.24) is 4.98 Å². The average Bonchev–Trinajstić information content (AvgIpc) is 3.22. The number of benzene rings is 3. The fourth-order valence-corrected chi connectivity index (χ4v) is 4.14. The second-order valence-corrected chi connectivity index (χ2v) is 7.83. The van der Waals surface area contributed by atoms with Gasteiger partial charge in [0.15, 0.2) is 0 Å². The van der Waals surface area contributed by atoms with Crippen LogP contribution in [0.5, 0.6) is 5.75 Å². The molecular formula is C25H15NO4S. The lowest BCUT2D eigenvalue weighted by atomic mass is 10.2. The molecule has 0 amide bonds. The Bertz CT molecular complexity index is 1470. The van der Waals surface area contributed by atoms with E-state index in [-0.39, 0.29) is 0 Å². The van der Waals surface area contributed by atoms with E-state index >= 15 is 0 Å². The molecule has 0 aliphatic carbocycles. The average molecular weight is 425 g/mol. The van der Waals surface area contributed by atoms with Crippen LogP contribution in [0.15, 0.2) is 94.2 Å². The molecule has 6 heteroatoms. The van der Waals surface area contributed by atoms with Crippen LogP contribution in [0.25, 0.3) is 37.8 Å². The van der Waals surface area contributed by atoms with E-state index in [1.165, 1.54) is 23.5 Å². The van der Waals surface area contributed by atoms with Crippen LogP contribution < -0.4 is 10.4 Å². The third kappa shape index (κ3) is 4.01. The number of carbonyl (C=O) groups excluding carboxylic acids is 1. The highest BCUT2D eigenvalue weighted by Crippen LogP contribution is 2.30. The van der Waals surface area contributed by atoms with Crippen molar-refractivity contribution in [3.8, 4) is 16.3 Å². The Balaban J connectivity index is 1.41. The number of para-hydroxylation sites is 1. The molecule has 31 heavy (non-hydrogen) atoms. The van der Waals surface area contributed by atoms with E-state index in [0.29, 0.717) is 27.3 Å². The molecule has 2 heterocycles. The normalized spacial score (nSPS) is 11.4. The van der Waals surface area contributed by atoms with Gasteiger partial charge in [-0.25, -0.2) is 14.6 Å². The quantitative estimate of drug-likeness (QED) is 0.160. The monoisotopic (exact) mass is 425 g/mol. The molecule has 150 valence electrons. The number of thiazole rings is 1. The van der Waals surface area contributed by atoms with Crippen molar-refractivity contribution < 1.29 is 13.9 Å². The standard InChI is InChI=1S/C25H15NO4S/c27-23(13-10-16-6-2-1-3-7-16)29-18-12-11-17-14-19(25(28)30-21(17)15-18)24-26-20-8-4-5-9-22(20)31-24/h1-15H/b13-10+. The third-order valence-corrected chi connectivity index (χ3v) is 5.73. The zero-order chi connectivity index (χ0) is 21.2. The van der Waals surface area contributed by atoms with E-state index in [9.17, 15) is 9.59 Å². The Labute approximate surface area is 180 Å². The van der Waals surface area contributed by atoms with Crippen LogP contribution in [0.4, 0.5) is 0 Å². The minimum absolute atomic E-state index is 0.297. The fraction of sp³-hybridized carbons (Fsp3) is 0. The summed E-state index contributed by atoms with van der Waals surface area (Å²) in [5, 5.41) is 1.33. The van der Waals surface area contributed by atoms with Crippen LogP contribution in [0.1, 0.15) is 5.56 Å². The smallest absolute Gasteiger partial charge is 0.346 e. The third-order valence-electron chi connectivity index (χ3n) is 4.66. The topological polar surface area (TPSA) is 69.4 Å². The van der Waals surface area contributed by atoms with E-state index < -0.39 is 11.6 Å². The maximum absolute atomic E-state index is 12.6. The number of rotatable bonds is 4. The molecule has 0 fully saturated rings. The van der Waals surface area contributed by atoms with E-state index in [0.717, 1.165) is 15.8 Å². The predicted octanol–water partition coefficient (Wildman–Crippen LogP) is 5.69. The highest BCUT2D eigenvalue weighted by Gasteiger charge is 2.13. The number of carbonyl (C=O) groups is 1. The molecule has 3 aromatic carbocycles. The lowest BCUT2D eigenvalue weighted by molar-refractivity contribution is -0.128. The minimum atomic E-state index is -0.517. The van der Waals surface area contributed by atoms with Crippen molar-refractivity contribution in [3.63, 3.8) is 0 Å². The largest absolute Gasteiger partial charge is 0.423 e. The Morgan fingerprint density at radius 2 is 1.77 bits per heavy atom. The maximum atomic E-state index is 12.6. The Morgan fingerprint density at radius 1 is 0.968 bits per heavy atom. The molecule has 5 rings (SSSR count). The van der Waals surface area contributed by atoms with Crippen LogP contribution in [-0.4, -0.2) is 11.0 Å². The zero-order valence-corrected chi connectivity index (χ0v) is 17.0. The summed E-state index contributed by atoms with van der Waals surface area (Å²) in [6.07, 6.45) is 3.03. The van der Waals surface area contributed by atoms with Crippen molar-refractivity contribution in [2.75, 3.05) is 0 Å². The molecule has 0 aliphatic rings. The van der Waals surface area contributed by atoms with Crippen LogP contribution in [0, 0.1) is 0 Å². The second kappa shape index (κ2) is 8.01. The number of nitrogens with zero attached hydrogens (tertiary/aromatic N) is 1. The first kappa shape index (κ1) is 19.0. The predicted molar refractivity (Wildman–Crippen MR) is 122 cm³/mol. The molecule has 0 saturated carbocycles. The summed E-state index contributed by atoms with van der Waals surface area (Å²) in [7, 11) is 0. The van der Waals surface area contributed by atoms with Gasteiger partial charge in [0.05, 0.1) is 15.8 Å². The van der Waals surface area contributed by atoms with E-state index in [1.807, 2.05) is 54.6 Å². The van der Waals surface area contributed by atoms with Crippen molar-refractivity contribution >= 4 is 44.6 Å². The molecule has 5 aromatic rings. The van der Waals surface area contributed by atoms with E-state index in [2.05, 4.69) is 4.98 Å². The summed E-state index contributed by atoms with van der Waals surface area (Å²) in [6.45, 7) is 0. The fourth-order valence-electron chi connectivity index (χ4n) is 3.17. The molecule has 0 N–H and O–H groups in total. The molecule has 0 unspecified atom stereocenters. The molecule has 0 bridgehead atoms.